The van der Waals surface area contributed by atoms with Crippen LogP contribution in [0.25, 0.3) is 0 Å². The molecule has 0 unspecified atom stereocenters. The highest BCUT2D eigenvalue weighted by Crippen LogP contribution is 2.18. The summed E-state index contributed by atoms with van der Waals surface area (Å²) >= 11 is 0.917. The van der Waals surface area contributed by atoms with Crippen LogP contribution < -0.4 is 4.87 Å². The molecule has 0 aliphatic rings. The van der Waals surface area contributed by atoms with Gasteiger partial charge in [-0.3, -0.25) is 19.0 Å². The number of benzene rings is 2. The van der Waals surface area contributed by atoms with Crippen LogP contribution in [0.3, 0.4) is 0 Å². The van der Waals surface area contributed by atoms with Crippen LogP contribution in [0, 0.1) is 12.7 Å². The number of halogens is 1. The molecule has 6 nitrogen and oxygen atoms in total. The van der Waals surface area contributed by atoms with Crippen molar-refractivity contribution in [1.29, 1.82) is 0 Å². The molecule has 0 radical (unpaired) electrons. The fraction of sp³-hybridized carbons (Fsp3) is 0.261. The van der Waals surface area contributed by atoms with Crippen LogP contribution in [0.4, 0.5) is 4.39 Å². The predicted molar refractivity (Wildman–Crippen MR) is 119 cm³/mol. The molecule has 0 atom stereocenters. The van der Waals surface area contributed by atoms with Gasteiger partial charge in [0.25, 0.3) is 11.8 Å². The van der Waals surface area contributed by atoms with Crippen LogP contribution in [-0.4, -0.2) is 47.3 Å². The number of amides is 2. The van der Waals surface area contributed by atoms with Gasteiger partial charge in [-0.25, -0.2) is 4.39 Å². The Bertz CT molecular complexity index is 1150. The molecule has 1 aromatic heterocycles. The van der Waals surface area contributed by atoms with Gasteiger partial charge in [-0.1, -0.05) is 35.6 Å². The van der Waals surface area contributed by atoms with Crippen LogP contribution >= 0.6 is 11.3 Å². The molecule has 0 fully saturated rings. The summed E-state index contributed by atoms with van der Waals surface area (Å²) in [5.74, 6) is -0.676. The van der Waals surface area contributed by atoms with Crippen molar-refractivity contribution in [2.75, 3.05) is 21.1 Å². The zero-order chi connectivity index (χ0) is 22.7. The van der Waals surface area contributed by atoms with Crippen molar-refractivity contribution in [3.05, 3.63) is 91.3 Å². The van der Waals surface area contributed by atoms with E-state index in [0.29, 0.717) is 29.2 Å². The number of hydrogen-bond acceptors (Lipinski definition) is 4. The summed E-state index contributed by atoms with van der Waals surface area (Å²) < 4.78 is 14.7. The minimum atomic E-state index is -0.331. The smallest absolute Gasteiger partial charge is 0.308 e. The van der Waals surface area contributed by atoms with Crippen molar-refractivity contribution in [2.45, 2.75) is 20.0 Å². The molecule has 1 heterocycles. The van der Waals surface area contributed by atoms with E-state index < -0.39 is 0 Å². The first-order chi connectivity index (χ1) is 14.7. The van der Waals surface area contributed by atoms with E-state index in [-0.39, 0.29) is 22.5 Å². The summed E-state index contributed by atoms with van der Waals surface area (Å²) in [7, 11) is 5.03. The van der Waals surface area contributed by atoms with E-state index in [1.165, 1.54) is 21.9 Å². The standard InChI is InChI=1S/C23H24FN3O3S/c1-15-20(22(29)26(4)13-16-7-11-19(24)12-8-16)31-23(30)27(15)14-17-5-9-18(10-6-17)21(28)25(2)3/h5-12H,13-14H2,1-4H3. The van der Waals surface area contributed by atoms with Crippen molar-refractivity contribution >= 4 is 23.2 Å². The Kier molecular flexibility index (Phi) is 6.70. The Morgan fingerprint density at radius 1 is 0.935 bits per heavy atom. The zero-order valence-electron chi connectivity index (χ0n) is 17.9. The van der Waals surface area contributed by atoms with Gasteiger partial charge in [0.15, 0.2) is 0 Å². The quantitative estimate of drug-likeness (QED) is 0.589. The van der Waals surface area contributed by atoms with E-state index >= 15 is 0 Å². The average molecular weight is 442 g/mol. The first kappa shape index (κ1) is 22.4. The second-order valence-electron chi connectivity index (χ2n) is 7.55. The van der Waals surface area contributed by atoms with E-state index in [1.807, 2.05) is 12.1 Å². The molecule has 31 heavy (non-hydrogen) atoms. The Balaban J connectivity index is 1.77. The number of carbonyl (C=O) groups excluding carboxylic acids is 2. The van der Waals surface area contributed by atoms with E-state index in [1.54, 1.807) is 56.9 Å². The molecule has 0 aliphatic carbocycles. The number of hydrogen-bond donors (Lipinski definition) is 0. The van der Waals surface area contributed by atoms with Crippen LogP contribution in [-0.2, 0) is 13.1 Å². The molecule has 3 rings (SSSR count). The van der Waals surface area contributed by atoms with Gasteiger partial charge in [0.2, 0.25) is 0 Å². The fourth-order valence-electron chi connectivity index (χ4n) is 3.16. The summed E-state index contributed by atoms with van der Waals surface area (Å²) in [4.78, 5) is 40.7. The van der Waals surface area contributed by atoms with Crippen molar-refractivity contribution in [1.82, 2.24) is 14.4 Å². The lowest BCUT2D eigenvalue weighted by Crippen LogP contribution is -2.26. The summed E-state index contributed by atoms with van der Waals surface area (Å²) in [5, 5.41) is 0. The highest BCUT2D eigenvalue weighted by molar-refractivity contribution is 7.11. The molecule has 0 saturated carbocycles. The normalized spacial score (nSPS) is 10.7. The lowest BCUT2D eigenvalue weighted by atomic mass is 10.1. The SMILES string of the molecule is Cc1c(C(=O)N(C)Cc2ccc(F)cc2)sc(=O)n1Cc1ccc(C(=O)N(C)C)cc1. The third-order valence-electron chi connectivity index (χ3n) is 4.96. The van der Waals surface area contributed by atoms with Crippen LogP contribution in [0.2, 0.25) is 0 Å². The Morgan fingerprint density at radius 2 is 1.52 bits per heavy atom. The first-order valence-electron chi connectivity index (χ1n) is 9.68. The van der Waals surface area contributed by atoms with Gasteiger partial charge in [-0.05, 0) is 42.3 Å². The first-order valence-corrected chi connectivity index (χ1v) is 10.5. The maximum Gasteiger partial charge on any atom is 0.308 e. The molecular formula is C23H24FN3O3S. The number of carbonyl (C=O) groups is 2. The average Bonchev–Trinajstić information content (AvgIpc) is 3.03. The molecule has 2 amide bonds. The highest BCUT2D eigenvalue weighted by Gasteiger charge is 2.21. The van der Waals surface area contributed by atoms with Crippen molar-refractivity contribution in [2.24, 2.45) is 0 Å². The number of nitrogens with zero attached hydrogens (tertiary/aromatic N) is 3. The summed E-state index contributed by atoms with van der Waals surface area (Å²) in [6.07, 6.45) is 0. The Hall–Kier alpha value is -3.26. The molecule has 0 saturated heterocycles. The molecular weight excluding hydrogens is 417 g/mol. The third-order valence-corrected chi connectivity index (χ3v) is 6.03. The van der Waals surface area contributed by atoms with Gasteiger partial charge in [-0.15, -0.1) is 0 Å². The van der Waals surface area contributed by atoms with Crippen molar-refractivity contribution < 1.29 is 14.0 Å². The molecule has 8 heteroatoms. The van der Waals surface area contributed by atoms with E-state index in [4.69, 9.17) is 0 Å². The minimum absolute atomic E-state index is 0.0903. The van der Waals surface area contributed by atoms with Gasteiger partial charge in [0.05, 0.1) is 6.54 Å². The van der Waals surface area contributed by atoms with Crippen molar-refractivity contribution in [3.8, 4) is 0 Å². The third kappa shape index (κ3) is 5.08. The lowest BCUT2D eigenvalue weighted by molar-refractivity contribution is 0.0787. The van der Waals surface area contributed by atoms with Crippen molar-refractivity contribution in [3.63, 3.8) is 0 Å². The van der Waals surface area contributed by atoms with Gasteiger partial charge < -0.3 is 9.80 Å². The number of aromatic nitrogens is 1. The van der Waals surface area contributed by atoms with Gasteiger partial charge in [0.1, 0.15) is 10.7 Å². The predicted octanol–water partition coefficient (Wildman–Crippen LogP) is 3.38. The van der Waals surface area contributed by atoms with Crippen LogP contribution in [0.1, 0.15) is 36.9 Å². The van der Waals surface area contributed by atoms with E-state index in [0.717, 1.165) is 22.5 Å². The largest absolute Gasteiger partial charge is 0.345 e. The topological polar surface area (TPSA) is 62.6 Å². The Morgan fingerprint density at radius 3 is 2.10 bits per heavy atom. The second-order valence-corrected chi connectivity index (χ2v) is 8.51. The molecule has 2 aromatic carbocycles. The van der Waals surface area contributed by atoms with Gasteiger partial charge >= 0.3 is 4.87 Å². The zero-order valence-corrected chi connectivity index (χ0v) is 18.7. The minimum Gasteiger partial charge on any atom is -0.345 e. The van der Waals surface area contributed by atoms with Gasteiger partial charge in [-0.2, -0.15) is 0 Å². The maximum atomic E-state index is 13.1. The summed E-state index contributed by atoms with van der Waals surface area (Å²) in [6.45, 7) is 2.37. The molecule has 162 valence electrons. The molecule has 0 N–H and O–H groups in total. The molecule has 0 spiro atoms. The molecule has 0 bridgehead atoms. The van der Waals surface area contributed by atoms with Crippen LogP contribution in [0.15, 0.2) is 53.3 Å². The van der Waals surface area contributed by atoms with E-state index in [2.05, 4.69) is 0 Å². The molecule has 3 aromatic rings. The molecule has 0 aliphatic heterocycles. The number of rotatable bonds is 6. The second kappa shape index (κ2) is 9.26. The highest BCUT2D eigenvalue weighted by atomic mass is 32.1. The summed E-state index contributed by atoms with van der Waals surface area (Å²) in [5.41, 5.74) is 2.83. The fourth-order valence-corrected chi connectivity index (χ4v) is 4.15. The number of thiazole rings is 1. The van der Waals surface area contributed by atoms with E-state index in [9.17, 15) is 18.8 Å². The summed E-state index contributed by atoms with van der Waals surface area (Å²) in [6, 6.07) is 13.0. The maximum absolute atomic E-state index is 13.1. The Labute approximate surface area is 184 Å². The lowest BCUT2D eigenvalue weighted by Gasteiger charge is -2.17. The van der Waals surface area contributed by atoms with Gasteiger partial charge in [0, 0.05) is 38.9 Å². The van der Waals surface area contributed by atoms with Crippen LogP contribution in [0.5, 0.6) is 0 Å². The monoisotopic (exact) mass is 441 g/mol.